The molecule has 2 aromatic heterocycles. The van der Waals surface area contributed by atoms with E-state index in [2.05, 4.69) is 27.8 Å². The highest BCUT2D eigenvalue weighted by Gasteiger charge is 2.40. The summed E-state index contributed by atoms with van der Waals surface area (Å²) in [7, 11) is 0. The van der Waals surface area contributed by atoms with Crippen molar-refractivity contribution in [1.29, 1.82) is 0 Å². The average molecular weight is 243 g/mol. The van der Waals surface area contributed by atoms with E-state index in [9.17, 15) is 0 Å². The number of pyridine rings is 1. The second-order valence-electron chi connectivity index (χ2n) is 5.55. The zero-order chi connectivity index (χ0) is 12.4. The van der Waals surface area contributed by atoms with E-state index in [4.69, 9.17) is 0 Å². The summed E-state index contributed by atoms with van der Waals surface area (Å²) in [6.07, 6.45) is 9.63. The van der Waals surface area contributed by atoms with Gasteiger partial charge in [-0.2, -0.15) is 0 Å². The van der Waals surface area contributed by atoms with Gasteiger partial charge in [0, 0.05) is 25.5 Å². The Morgan fingerprint density at radius 3 is 3.00 bits per heavy atom. The number of hydrogen-bond acceptors (Lipinski definition) is 2. The molecule has 18 heavy (non-hydrogen) atoms. The average Bonchev–Trinajstić information content (AvgIpc) is 3.01. The van der Waals surface area contributed by atoms with E-state index in [-0.39, 0.29) is 0 Å². The summed E-state index contributed by atoms with van der Waals surface area (Å²) in [6, 6.07) is 6.11. The molecule has 0 radical (unpaired) electrons. The van der Waals surface area contributed by atoms with Gasteiger partial charge >= 0.3 is 0 Å². The Kier molecular flexibility index (Phi) is 3.08. The van der Waals surface area contributed by atoms with Gasteiger partial charge in [-0.15, -0.1) is 0 Å². The van der Waals surface area contributed by atoms with Crippen molar-refractivity contribution in [2.24, 2.45) is 5.41 Å². The Bertz CT molecular complexity index is 492. The monoisotopic (exact) mass is 243 g/mol. The molecule has 1 saturated carbocycles. The minimum atomic E-state index is 0.619. The third kappa shape index (κ3) is 2.41. The zero-order valence-corrected chi connectivity index (χ0v) is 11.0. The minimum Gasteiger partial charge on any atom is -0.311 e. The van der Waals surface area contributed by atoms with E-state index in [0.717, 1.165) is 24.4 Å². The molecule has 0 saturated heterocycles. The molecule has 2 heterocycles. The predicted octanol–water partition coefficient (Wildman–Crippen LogP) is 3.00. The van der Waals surface area contributed by atoms with E-state index < -0.39 is 0 Å². The molecule has 0 amide bonds. The molecule has 0 unspecified atom stereocenters. The lowest BCUT2D eigenvalue weighted by atomic mass is 10.0. The van der Waals surface area contributed by atoms with E-state index >= 15 is 0 Å². The van der Waals surface area contributed by atoms with E-state index in [1.165, 1.54) is 25.7 Å². The molecule has 1 aliphatic rings. The van der Waals surface area contributed by atoms with Gasteiger partial charge in [-0.05, 0) is 36.8 Å². The quantitative estimate of drug-likeness (QED) is 0.845. The summed E-state index contributed by atoms with van der Waals surface area (Å²) < 4.78 is 2.08. The maximum Gasteiger partial charge on any atom is 0.137 e. The molecule has 3 rings (SSSR count). The highest BCUT2D eigenvalue weighted by molar-refractivity contribution is 5.39. The first-order valence-electron chi connectivity index (χ1n) is 6.95. The Balaban J connectivity index is 1.57. The highest BCUT2D eigenvalue weighted by atomic mass is 15.0. The molecule has 2 aromatic rings. The lowest BCUT2D eigenvalue weighted by Gasteiger charge is -2.13. The van der Waals surface area contributed by atoms with Crippen LogP contribution in [0.2, 0.25) is 0 Å². The molecular weight excluding hydrogens is 222 g/mol. The summed E-state index contributed by atoms with van der Waals surface area (Å²) in [6.45, 7) is 4.31. The normalized spacial score (nSPS) is 17.2. The third-order valence-corrected chi connectivity index (χ3v) is 3.96. The topological polar surface area (TPSA) is 29.3 Å². The van der Waals surface area contributed by atoms with Crippen molar-refractivity contribution in [3.63, 3.8) is 0 Å². The molecule has 1 N–H and O–H groups in total. The van der Waals surface area contributed by atoms with Gasteiger partial charge in [0.1, 0.15) is 5.65 Å². The van der Waals surface area contributed by atoms with Crippen LogP contribution < -0.4 is 5.32 Å². The Hall–Kier alpha value is -1.35. The maximum atomic E-state index is 4.60. The summed E-state index contributed by atoms with van der Waals surface area (Å²) in [4.78, 5) is 4.60. The molecule has 1 aliphatic carbocycles. The van der Waals surface area contributed by atoms with Crippen molar-refractivity contribution in [2.45, 2.75) is 39.2 Å². The van der Waals surface area contributed by atoms with Gasteiger partial charge in [-0.3, -0.25) is 0 Å². The number of aromatic nitrogens is 2. The van der Waals surface area contributed by atoms with Gasteiger partial charge in [-0.25, -0.2) is 4.98 Å². The number of rotatable bonds is 6. The van der Waals surface area contributed by atoms with Gasteiger partial charge < -0.3 is 9.72 Å². The van der Waals surface area contributed by atoms with Gasteiger partial charge in [0.15, 0.2) is 0 Å². The molecule has 0 atom stereocenters. The van der Waals surface area contributed by atoms with Gasteiger partial charge in [0.2, 0.25) is 0 Å². The van der Waals surface area contributed by atoms with E-state index in [1.54, 1.807) is 0 Å². The number of fused-ring (bicyclic) bond motifs is 1. The van der Waals surface area contributed by atoms with Gasteiger partial charge in [-0.1, -0.05) is 19.4 Å². The van der Waals surface area contributed by atoms with Crippen molar-refractivity contribution in [3.05, 3.63) is 36.3 Å². The van der Waals surface area contributed by atoms with Crippen molar-refractivity contribution >= 4 is 5.65 Å². The molecule has 0 aromatic carbocycles. The van der Waals surface area contributed by atoms with Crippen LogP contribution in [0.25, 0.3) is 5.65 Å². The third-order valence-electron chi connectivity index (χ3n) is 3.96. The lowest BCUT2D eigenvalue weighted by Crippen LogP contribution is -2.23. The largest absolute Gasteiger partial charge is 0.311 e. The first-order valence-corrected chi connectivity index (χ1v) is 6.95. The summed E-state index contributed by atoms with van der Waals surface area (Å²) in [5.74, 6) is 0. The number of nitrogens with one attached hydrogen (secondary N) is 1. The van der Waals surface area contributed by atoms with Gasteiger partial charge in [0.05, 0.1) is 5.69 Å². The van der Waals surface area contributed by atoms with Crippen LogP contribution in [0.1, 0.15) is 38.3 Å². The number of imidazole rings is 1. The molecule has 0 bridgehead atoms. The maximum absolute atomic E-state index is 4.60. The van der Waals surface area contributed by atoms with Crippen molar-refractivity contribution < 1.29 is 0 Å². The standard InChI is InChI=1S/C15H21N3/c1-2-6-15(7-8-15)12-16-10-13-11-18-9-4-3-5-14(18)17-13/h3-5,9,11,16H,2,6-8,10,12H2,1H3. The van der Waals surface area contributed by atoms with Crippen LogP contribution in [0, 0.1) is 5.41 Å². The van der Waals surface area contributed by atoms with Crippen LogP contribution in [0.4, 0.5) is 0 Å². The summed E-state index contributed by atoms with van der Waals surface area (Å²) in [5, 5.41) is 3.57. The first-order chi connectivity index (χ1) is 8.81. The van der Waals surface area contributed by atoms with Crippen LogP contribution in [0.3, 0.4) is 0 Å². The first kappa shape index (κ1) is 11.7. The molecule has 1 fully saturated rings. The minimum absolute atomic E-state index is 0.619. The summed E-state index contributed by atoms with van der Waals surface area (Å²) >= 11 is 0. The second kappa shape index (κ2) is 4.73. The fourth-order valence-corrected chi connectivity index (χ4v) is 2.75. The summed E-state index contributed by atoms with van der Waals surface area (Å²) in [5.41, 5.74) is 2.78. The molecular formula is C15H21N3. The molecule has 3 heteroatoms. The van der Waals surface area contributed by atoms with Crippen molar-refractivity contribution in [1.82, 2.24) is 14.7 Å². The van der Waals surface area contributed by atoms with Crippen LogP contribution >= 0.6 is 0 Å². The SMILES string of the molecule is CCCC1(CNCc2cn3ccccc3n2)CC1. The number of hydrogen-bond donors (Lipinski definition) is 1. The van der Waals surface area contributed by atoms with Crippen LogP contribution in [0.15, 0.2) is 30.6 Å². The Labute approximate surface area is 108 Å². The highest BCUT2D eigenvalue weighted by Crippen LogP contribution is 2.48. The van der Waals surface area contributed by atoms with Crippen LogP contribution in [0.5, 0.6) is 0 Å². The zero-order valence-electron chi connectivity index (χ0n) is 11.0. The fourth-order valence-electron chi connectivity index (χ4n) is 2.75. The Morgan fingerprint density at radius 2 is 2.28 bits per heavy atom. The Morgan fingerprint density at radius 1 is 1.39 bits per heavy atom. The van der Waals surface area contributed by atoms with E-state index in [0.29, 0.717) is 5.41 Å². The molecule has 96 valence electrons. The van der Waals surface area contributed by atoms with Crippen LogP contribution in [-0.4, -0.2) is 15.9 Å². The van der Waals surface area contributed by atoms with Crippen molar-refractivity contribution in [3.8, 4) is 0 Å². The smallest absolute Gasteiger partial charge is 0.137 e. The van der Waals surface area contributed by atoms with E-state index in [1.807, 2.05) is 24.4 Å². The van der Waals surface area contributed by atoms with Gasteiger partial charge in [0.25, 0.3) is 0 Å². The molecule has 0 aliphatic heterocycles. The lowest BCUT2D eigenvalue weighted by molar-refractivity contribution is 0.420. The fraction of sp³-hybridized carbons (Fsp3) is 0.533. The predicted molar refractivity (Wildman–Crippen MR) is 73.5 cm³/mol. The molecule has 3 nitrogen and oxygen atoms in total. The van der Waals surface area contributed by atoms with Crippen LogP contribution in [-0.2, 0) is 6.54 Å². The van der Waals surface area contributed by atoms with Crippen molar-refractivity contribution in [2.75, 3.05) is 6.54 Å². The molecule has 0 spiro atoms. The number of nitrogens with zero attached hydrogens (tertiary/aromatic N) is 2. The second-order valence-corrected chi connectivity index (χ2v) is 5.55.